The van der Waals surface area contributed by atoms with Gasteiger partial charge in [0.25, 0.3) is 0 Å². The smallest absolute Gasteiger partial charge is 0.322 e. The van der Waals surface area contributed by atoms with Gasteiger partial charge in [0, 0.05) is 4.47 Å². The number of carbonyl (C=O) groups is 1. The van der Waals surface area contributed by atoms with Gasteiger partial charge in [-0.3, -0.25) is 4.79 Å². The summed E-state index contributed by atoms with van der Waals surface area (Å²) in [6.07, 6.45) is 0.604. The van der Waals surface area contributed by atoms with Crippen molar-refractivity contribution < 1.29 is 9.53 Å². The molecule has 0 aliphatic carbocycles. The van der Waals surface area contributed by atoms with Gasteiger partial charge in [0.2, 0.25) is 0 Å². The van der Waals surface area contributed by atoms with Gasteiger partial charge < -0.3 is 4.74 Å². The molecule has 4 heteroatoms. The Balaban J connectivity index is 2.77. The van der Waals surface area contributed by atoms with E-state index in [4.69, 9.17) is 4.74 Å². The molecule has 1 aromatic rings. The van der Waals surface area contributed by atoms with Gasteiger partial charge in [-0.25, -0.2) is 0 Å². The Morgan fingerprint density at radius 1 is 1.40 bits per heavy atom. The quantitative estimate of drug-likeness (QED) is 0.625. The number of alkyl halides is 1. The molecule has 1 rings (SSSR count). The van der Waals surface area contributed by atoms with E-state index in [2.05, 4.69) is 31.9 Å². The van der Waals surface area contributed by atoms with Crippen molar-refractivity contribution in [1.29, 1.82) is 0 Å². The zero-order valence-electron chi connectivity index (χ0n) is 8.59. The van der Waals surface area contributed by atoms with Crippen molar-refractivity contribution >= 4 is 37.8 Å². The first-order valence-electron chi connectivity index (χ1n) is 4.47. The lowest BCUT2D eigenvalue weighted by atomic mass is 10.0. The number of benzene rings is 1. The number of methoxy groups -OCH3 is 1. The Morgan fingerprint density at radius 3 is 2.40 bits per heavy atom. The van der Waals surface area contributed by atoms with Crippen LogP contribution in [-0.2, 0) is 16.0 Å². The van der Waals surface area contributed by atoms with Gasteiger partial charge in [-0.05, 0) is 31.0 Å². The van der Waals surface area contributed by atoms with Crippen molar-refractivity contribution in [1.82, 2.24) is 0 Å². The van der Waals surface area contributed by atoms with Gasteiger partial charge in [0.05, 0.1) is 7.11 Å². The topological polar surface area (TPSA) is 26.3 Å². The maximum Gasteiger partial charge on any atom is 0.322 e. The van der Waals surface area contributed by atoms with Gasteiger partial charge in [-0.2, -0.15) is 0 Å². The van der Waals surface area contributed by atoms with E-state index in [-0.39, 0.29) is 5.97 Å². The highest BCUT2D eigenvalue weighted by Crippen LogP contribution is 2.25. The summed E-state index contributed by atoms with van der Waals surface area (Å²) in [5.41, 5.74) is 1.09. The first kappa shape index (κ1) is 12.7. The van der Waals surface area contributed by atoms with Crippen LogP contribution >= 0.6 is 31.9 Å². The molecular weight excluding hydrogens is 324 g/mol. The zero-order chi connectivity index (χ0) is 11.5. The monoisotopic (exact) mass is 334 g/mol. The van der Waals surface area contributed by atoms with Gasteiger partial charge >= 0.3 is 5.97 Å². The largest absolute Gasteiger partial charge is 0.468 e. The third-order valence-corrected chi connectivity index (χ3v) is 3.19. The maximum atomic E-state index is 11.4. The fourth-order valence-electron chi connectivity index (χ4n) is 1.27. The second kappa shape index (κ2) is 5.12. The second-order valence-corrected chi connectivity index (χ2v) is 6.16. The van der Waals surface area contributed by atoms with Crippen molar-refractivity contribution in [2.45, 2.75) is 17.7 Å². The fraction of sp³-hybridized carbons (Fsp3) is 0.364. The Bertz CT molecular complexity index is 344. The van der Waals surface area contributed by atoms with Crippen molar-refractivity contribution in [2.75, 3.05) is 7.11 Å². The van der Waals surface area contributed by atoms with E-state index < -0.39 is 4.32 Å². The number of halogens is 2. The lowest BCUT2D eigenvalue weighted by Gasteiger charge is -2.19. The molecule has 0 aliphatic rings. The van der Waals surface area contributed by atoms with Crippen LogP contribution in [-0.4, -0.2) is 17.4 Å². The van der Waals surface area contributed by atoms with E-state index in [1.54, 1.807) is 6.92 Å². The lowest BCUT2D eigenvalue weighted by molar-refractivity contribution is -0.142. The van der Waals surface area contributed by atoms with Crippen LogP contribution in [0.2, 0.25) is 0 Å². The molecule has 0 bridgehead atoms. The first-order valence-corrected chi connectivity index (χ1v) is 6.06. The van der Waals surface area contributed by atoms with Crippen molar-refractivity contribution in [3.05, 3.63) is 34.3 Å². The molecule has 2 nitrogen and oxygen atoms in total. The summed E-state index contributed by atoms with van der Waals surface area (Å²) in [6.45, 7) is 1.81. The molecule has 0 heterocycles. The SMILES string of the molecule is COC(=O)[C@](C)(Br)Cc1ccc(Br)cc1. The van der Waals surface area contributed by atoms with Gasteiger partial charge in [0.15, 0.2) is 0 Å². The van der Waals surface area contributed by atoms with Gasteiger partial charge in [-0.15, -0.1) is 0 Å². The van der Waals surface area contributed by atoms with Gasteiger partial charge in [0.1, 0.15) is 4.32 Å². The Hall–Kier alpha value is -0.350. The number of hydrogen-bond donors (Lipinski definition) is 0. The Kier molecular flexibility index (Phi) is 4.34. The molecule has 0 unspecified atom stereocenters. The summed E-state index contributed by atoms with van der Waals surface area (Å²) < 4.78 is 5.09. The summed E-state index contributed by atoms with van der Waals surface area (Å²) in [7, 11) is 1.39. The Labute approximate surface area is 106 Å². The lowest BCUT2D eigenvalue weighted by Crippen LogP contribution is -2.31. The van der Waals surface area contributed by atoms with Crippen LogP contribution in [0.15, 0.2) is 28.7 Å². The van der Waals surface area contributed by atoms with Crippen LogP contribution in [0, 0.1) is 0 Å². The van der Waals surface area contributed by atoms with E-state index >= 15 is 0 Å². The zero-order valence-corrected chi connectivity index (χ0v) is 11.8. The van der Waals surface area contributed by atoms with E-state index in [9.17, 15) is 4.79 Å². The molecule has 0 aliphatic heterocycles. The molecule has 0 amide bonds. The first-order chi connectivity index (χ1) is 6.95. The van der Waals surface area contributed by atoms with Crippen molar-refractivity contribution in [3.63, 3.8) is 0 Å². The molecule has 0 radical (unpaired) electrons. The normalized spacial score (nSPS) is 14.4. The fourth-order valence-corrected chi connectivity index (χ4v) is 2.02. The average Bonchev–Trinajstić information content (AvgIpc) is 2.20. The van der Waals surface area contributed by atoms with Crippen LogP contribution < -0.4 is 0 Å². The summed E-state index contributed by atoms with van der Waals surface area (Å²) in [6, 6.07) is 7.87. The summed E-state index contributed by atoms with van der Waals surface area (Å²) in [4.78, 5) is 11.4. The molecule has 0 N–H and O–H groups in total. The molecule has 0 saturated carbocycles. The number of rotatable bonds is 3. The van der Waals surface area contributed by atoms with Crippen molar-refractivity contribution in [3.8, 4) is 0 Å². The minimum atomic E-state index is -0.657. The molecular formula is C11H12Br2O2. The van der Waals surface area contributed by atoms with E-state index in [1.165, 1.54) is 7.11 Å². The average molecular weight is 336 g/mol. The number of hydrogen-bond acceptors (Lipinski definition) is 2. The van der Waals surface area contributed by atoms with Crippen LogP contribution in [0.5, 0.6) is 0 Å². The molecule has 0 aromatic heterocycles. The molecule has 1 aromatic carbocycles. The molecule has 15 heavy (non-hydrogen) atoms. The van der Waals surface area contributed by atoms with E-state index in [0.717, 1.165) is 10.0 Å². The minimum absolute atomic E-state index is 0.259. The second-order valence-electron chi connectivity index (χ2n) is 3.49. The number of esters is 1. The minimum Gasteiger partial charge on any atom is -0.468 e. The molecule has 1 atom stereocenters. The Morgan fingerprint density at radius 2 is 1.93 bits per heavy atom. The van der Waals surface area contributed by atoms with Crippen molar-refractivity contribution in [2.24, 2.45) is 0 Å². The number of ether oxygens (including phenoxy) is 1. The number of carbonyl (C=O) groups excluding carboxylic acids is 1. The maximum absolute atomic E-state index is 11.4. The molecule has 0 spiro atoms. The predicted molar refractivity (Wildman–Crippen MR) is 67.2 cm³/mol. The third kappa shape index (κ3) is 3.61. The summed E-state index contributed by atoms with van der Waals surface area (Å²) >= 11 is 6.74. The van der Waals surface area contributed by atoms with Crippen LogP contribution in [0.25, 0.3) is 0 Å². The summed E-state index contributed by atoms with van der Waals surface area (Å²) in [5, 5.41) is 0. The van der Waals surface area contributed by atoms with E-state index in [1.807, 2.05) is 24.3 Å². The molecule has 0 saturated heterocycles. The summed E-state index contributed by atoms with van der Waals surface area (Å²) in [5.74, 6) is -0.259. The highest BCUT2D eigenvalue weighted by atomic mass is 79.9. The molecule has 0 fully saturated rings. The standard InChI is InChI=1S/C11H12Br2O2/c1-11(13,10(14)15-2)7-8-3-5-9(12)6-4-8/h3-6H,7H2,1-2H3/t11-/m1/s1. The predicted octanol–water partition coefficient (Wildman–Crippen LogP) is 3.32. The highest BCUT2D eigenvalue weighted by molar-refractivity contribution is 9.10. The van der Waals surface area contributed by atoms with Gasteiger partial charge in [-0.1, -0.05) is 44.0 Å². The third-order valence-electron chi connectivity index (χ3n) is 2.06. The highest BCUT2D eigenvalue weighted by Gasteiger charge is 2.31. The van der Waals surface area contributed by atoms with E-state index in [0.29, 0.717) is 6.42 Å². The molecule has 82 valence electrons. The van der Waals surface area contributed by atoms with Crippen LogP contribution in [0.1, 0.15) is 12.5 Å². The van der Waals surface area contributed by atoms with Crippen LogP contribution in [0.3, 0.4) is 0 Å². The van der Waals surface area contributed by atoms with Crippen LogP contribution in [0.4, 0.5) is 0 Å².